The second-order valence-corrected chi connectivity index (χ2v) is 7.18. The molecule has 0 spiro atoms. The molecule has 1 rings (SSSR count). The highest BCUT2D eigenvalue weighted by Gasteiger charge is 2.20. The van der Waals surface area contributed by atoms with Gasteiger partial charge in [-0.3, -0.25) is 0 Å². The van der Waals surface area contributed by atoms with E-state index < -0.39 is 11.7 Å². The second-order valence-electron chi connectivity index (χ2n) is 6.77. The number of hydrogen-bond donors (Lipinski definition) is 0. The molecule has 110 valence electrons. The molecule has 20 heavy (non-hydrogen) atoms. The van der Waals surface area contributed by atoms with Gasteiger partial charge in [-0.1, -0.05) is 51.4 Å². The van der Waals surface area contributed by atoms with E-state index in [9.17, 15) is 9.65 Å². The van der Waals surface area contributed by atoms with Gasteiger partial charge in [0.05, 0.1) is 17.0 Å². The fraction of sp³-hybridized carbons (Fsp3) is 0.588. The summed E-state index contributed by atoms with van der Waals surface area (Å²) in [6.45, 7) is 8.82. The first-order chi connectivity index (χ1) is 9.24. The maximum atomic E-state index is 14.0. The lowest BCUT2D eigenvalue weighted by molar-refractivity contribution is 0.291. The monoisotopic (exact) mass is 295 g/mol. The van der Waals surface area contributed by atoms with Crippen molar-refractivity contribution in [2.75, 3.05) is 0 Å². The van der Waals surface area contributed by atoms with Crippen molar-refractivity contribution >= 4 is 11.6 Å². The van der Waals surface area contributed by atoms with Crippen molar-refractivity contribution in [2.24, 2.45) is 11.3 Å². The van der Waals surface area contributed by atoms with Crippen molar-refractivity contribution in [3.8, 4) is 6.07 Å². The smallest absolute Gasteiger partial charge is 0.146 e. The Morgan fingerprint density at radius 1 is 1.30 bits per heavy atom. The molecule has 2 unspecified atom stereocenters. The lowest BCUT2D eigenvalue weighted by atomic mass is 9.82. The van der Waals surface area contributed by atoms with E-state index in [1.807, 2.05) is 0 Å². The topological polar surface area (TPSA) is 23.8 Å². The first-order valence-corrected chi connectivity index (χ1v) is 7.46. The number of rotatable bonds is 5. The molecule has 0 bridgehead atoms. The molecule has 0 saturated carbocycles. The van der Waals surface area contributed by atoms with Gasteiger partial charge in [-0.05, 0) is 36.7 Å². The number of halogens is 2. The van der Waals surface area contributed by atoms with Crippen LogP contribution in [0.3, 0.4) is 0 Å². The summed E-state index contributed by atoms with van der Waals surface area (Å²) in [5.41, 5.74) is 0.700. The Balaban J connectivity index is 2.70. The number of benzene rings is 1. The van der Waals surface area contributed by atoms with Gasteiger partial charge in [-0.2, -0.15) is 5.26 Å². The molecular formula is C17H23ClFN. The first kappa shape index (κ1) is 17.0. The highest BCUT2D eigenvalue weighted by atomic mass is 35.5. The van der Waals surface area contributed by atoms with Gasteiger partial charge in [-0.15, -0.1) is 0 Å². The van der Waals surface area contributed by atoms with Gasteiger partial charge in [0, 0.05) is 5.56 Å². The summed E-state index contributed by atoms with van der Waals surface area (Å²) < 4.78 is 14.0. The van der Waals surface area contributed by atoms with Gasteiger partial charge in [0.1, 0.15) is 5.82 Å². The Bertz CT molecular complexity index is 485. The van der Waals surface area contributed by atoms with Crippen LogP contribution in [0.25, 0.3) is 0 Å². The van der Waals surface area contributed by atoms with Gasteiger partial charge in [0.15, 0.2) is 0 Å². The summed E-state index contributed by atoms with van der Waals surface area (Å²) in [7, 11) is 0. The summed E-state index contributed by atoms with van der Waals surface area (Å²) in [6.07, 6.45) is 2.69. The van der Waals surface area contributed by atoms with Crippen LogP contribution in [0.1, 0.15) is 58.4 Å². The normalized spacial score (nSPS) is 14.7. The van der Waals surface area contributed by atoms with Gasteiger partial charge in [0.2, 0.25) is 0 Å². The van der Waals surface area contributed by atoms with Crippen LogP contribution in [-0.4, -0.2) is 0 Å². The molecule has 1 aromatic carbocycles. The summed E-state index contributed by atoms with van der Waals surface area (Å²) >= 11 is 5.78. The molecule has 0 amide bonds. The zero-order valence-electron chi connectivity index (χ0n) is 12.7. The molecule has 0 saturated heterocycles. The van der Waals surface area contributed by atoms with Crippen molar-refractivity contribution < 1.29 is 4.39 Å². The Morgan fingerprint density at radius 2 is 1.95 bits per heavy atom. The van der Waals surface area contributed by atoms with Crippen molar-refractivity contribution in [1.82, 2.24) is 0 Å². The largest absolute Gasteiger partial charge is 0.205 e. The Morgan fingerprint density at radius 3 is 2.50 bits per heavy atom. The zero-order valence-corrected chi connectivity index (χ0v) is 13.5. The lowest BCUT2D eigenvalue weighted by Crippen LogP contribution is -2.12. The highest BCUT2D eigenvalue weighted by molar-refractivity contribution is 6.30. The minimum atomic E-state index is -0.454. The number of nitriles is 1. The molecule has 1 nitrogen and oxygen atoms in total. The minimum absolute atomic E-state index is 0.0884. The van der Waals surface area contributed by atoms with E-state index in [-0.39, 0.29) is 10.4 Å². The van der Waals surface area contributed by atoms with E-state index in [2.05, 4.69) is 33.8 Å². The molecule has 0 radical (unpaired) electrons. The van der Waals surface area contributed by atoms with Crippen molar-refractivity contribution in [2.45, 2.75) is 52.9 Å². The average molecular weight is 296 g/mol. The fourth-order valence-electron chi connectivity index (χ4n) is 2.68. The summed E-state index contributed by atoms with van der Waals surface area (Å²) in [5, 5.41) is 9.37. The maximum absolute atomic E-state index is 14.0. The van der Waals surface area contributed by atoms with Crippen LogP contribution < -0.4 is 0 Å². The van der Waals surface area contributed by atoms with Crippen LogP contribution in [-0.2, 0) is 0 Å². The van der Waals surface area contributed by atoms with Crippen LogP contribution in [0.4, 0.5) is 4.39 Å². The van der Waals surface area contributed by atoms with Crippen molar-refractivity contribution in [1.29, 1.82) is 5.26 Å². The van der Waals surface area contributed by atoms with Crippen LogP contribution in [0.15, 0.2) is 18.2 Å². The van der Waals surface area contributed by atoms with Gasteiger partial charge < -0.3 is 0 Å². The Kier molecular flexibility index (Phi) is 6.02. The second kappa shape index (κ2) is 7.09. The molecule has 0 N–H and O–H groups in total. The van der Waals surface area contributed by atoms with E-state index in [0.717, 1.165) is 12.8 Å². The number of hydrogen-bond acceptors (Lipinski definition) is 1. The van der Waals surface area contributed by atoms with Crippen LogP contribution in [0.2, 0.25) is 5.02 Å². The Hall–Kier alpha value is -1.07. The molecule has 3 heteroatoms. The van der Waals surface area contributed by atoms with Crippen LogP contribution in [0.5, 0.6) is 0 Å². The van der Waals surface area contributed by atoms with Gasteiger partial charge in [-0.25, -0.2) is 4.39 Å². The molecule has 1 aromatic rings. The standard InChI is InChI=1S/C17H23ClFN/c1-12(10-17(2,3)4)8-9-13(11-20)14-6-5-7-15(18)16(14)19/h5-7,12-13H,8-10H2,1-4H3. The molecule has 0 fully saturated rings. The molecule has 0 aliphatic carbocycles. The third-order valence-electron chi connectivity index (χ3n) is 3.42. The maximum Gasteiger partial charge on any atom is 0.146 e. The SMILES string of the molecule is CC(CCC(C#N)c1cccc(Cl)c1F)CC(C)(C)C. The average Bonchev–Trinajstić information content (AvgIpc) is 2.32. The molecular weight excluding hydrogens is 273 g/mol. The summed E-state index contributed by atoms with van der Waals surface area (Å²) in [4.78, 5) is 0. The molecule has 2 atom stereocenters. The molecule has 0 aliphatic heterocycles. The van der Waals surface area contributed by atoms with Crippen LogP contribution >= 0.6 is 11.6 Å². The Labute approximate surface area is 126 Å². The van der Waals surface area contributed by atoms with Gasteiger partial charge >= 0.3 is 0 Å². The predicted molar refractivity (Wildman–Crippen MR) is 82.2 cm³/mol. The minimum Gasteiger partial charge on any atom is -0.205 e. The molecule has 0 aliphatic rings. The number of nitrogens with zero attached hydrogens (tertiary/aromatic N) is 1. The first-order valence-electron chi connectivity index (χ1n) is 7.08. The molecule has 0 aromatic heterocycles. The highest BCUT2D eigenvalue weighted by Crippen LogP contribution is 2.32. The van der Waals surface area contributed by atoms with Gasteiger partial charge in [0.25, 0.3) is 0 Å². The van der Waals surface area contributed by atoms with E-state index in [0.29, 0.717) is 17.9 Å². The zero-order chi connectivity index (χ0) is 15.3. The predicted octanol–water partition coefficient (Wildman–Crippen LogP) is 5.94. The van der Waals surface area contributed by atoms with Crippen molar-refractivity contribution in [3.05, 3.63) is 34.6 Å². The third-order valence-corrected chi connectivity index (χ3v) is 3.71. The van der Waals surface area contributed by atoms with E-state index in [1.54, 1.807) is 12.1 Å². The molecule has 0 heterocycles. The summed E-state index contributed by atoms with van der Waals surface area (Å²) in [6, 6.07) is 7.07. The quantitative estimate of drug-likeness (QED) is 0.659. The van der Waals surface area contributed by atoms with E-state index in [4.69, 9.17) is 11.6 Å². The lowest BCUT2D eigenvalue weighted by Gasteiger charge is -2.23. The fourth-order valence-corrected chi connectivity index (χ4v) is 2.86. The summed E-state index contributed by atoms with van der Waals surface area (Å²) in [5.74, 6) is -0.353. The van der Waals surface area contributed by atoms with Crippen LogP contribution in [0, 0.1) is 28.5 Å². The third kappa shape index (κ3) is 5.13. The van der Waals surface area contributed by atoms with E-state index in [1.165, 1.54) is 6.07 Å². The van der Waals surface area contributed by atoms with Crippen molar-refractivity contribution in [3.63, 3.8) is 0 Å². The van der Waals surface area contributed by atoms with E-state index >= 15 is 0 Å².